The molecule has 192 valence electrons. The normalized spacial score (nSPS) is 22.4. The largest absolute Gasteiger partial charge is 0.416 e. The average Bonchev–Trinajstić information content (AvgIpc) is 2.78. The third-order valence-electron chi connectivity index (χ3n) is 6.19. The molecule has 0 aromatic heterocycles. The van der Waals surface area contributed by atoms with E-state index in [9.17, 15) is 39.6 Å². The maximum absolute atomic E-state index is 13.6. The second-order valence-electron chi connectivity index (χ2n) is 8.84. The Kier molecular flexibility index (Phi) is 7.56. The van der Waals surface area contributed by atoms with Gasteiger partial charge in [-0.05, 0) is 55.5 Å². The van der Waals surface area contributed by atoms with Crippen LogP contribution in [0.4, 0.5) is 26.3 Å². The Balaban J connectivity index is 1.64. The van der Waals surface area contributed by atoms with Gasteiger partial charge in [0, 0.05) is 11.5 Å². The number of benzene rings is 2. The van der Waals surface area contributed by atoms with E-state index in [0.717, 1.165) is 12.1 Å². The number of alkyl halides is 6. The van der Waals surface area contributed by atoms with Crippen molar-refractivity contribution in [3.05, 3.63) is 65.7 Å². The lowest BCUT2D eigenvalue weighted by Crippen LogP contribution is -2.48. The number of hydrogen-bond acceptors (Lipinski definition) is 3. The number of carbonyl (C=O) groups is 1. The third-order valence-corrected chi connectivity index (χ3v) is 7.72. The fraction of sp³-hybridized carbons (Fsp3) is 0.435. The predicted molar refractivity (Wildman–Crippen MR) is 116 cm³/mol. The zero-order chi connectivity index (χ0) is 26.1. The maximum atomic E-state index is 13.6. The average molecular weight is 523 g/mol. The molecule has 1 atom stereocenters. The first-order chi connectivity index (χ1) is 16.1. The summed E-state index contributed by atoms with van der Waals surface area (Å²) in [7, 11) is -4.12. The van der Waals surface area contributed by atoms with Crippen molar-refractivity contribution in [2.45, 2.75) is 61.9 Å². The van der Waals surface area contributed by atoms with Crippen LogP contribution in [0.25, 0.3) is 0 Å². The molecule has 0 radical (unpaired) electrons. The molecule has 2 aromatic carbocycles. The quantitative estimate of drug-likeness (QED) is 0.502. The monoisotopic (exact) mass is 522 g/mol. The van der Waals surface area contributed by atoms with E-state index in [-0.39, 0.29) is 36.1 Å². The highest BCUT2D eigenvalue weighted by molar-refractivity contribution is 7.89. The molecule has 3 rings (SSSR count). The molecule has 1 fully saturated rings. The van der Waals surface area contributed by atoms with E-state index in [1.54, 1.807) is 6.07 Å². The van der Waals surface area contributed by atoms with Gasteiger partial charge in [-0.1, -0.05) is 37.3 Å². The Bertz CT molecular complexity index is 1120. The number of sulfonamides is 1. The SMILES string of the molecule is CC1(C(=O)N[C@@H](c2ccccc2)C(F)(F)F)CCC(NS(=O)(=O)c2ccc(C(F)(F)F)cc2)CC1. The lowest BCUT2D eigenvalue weighted by molar-refractivity contribution is -0.167. The fourth-order valence-electron chi connectivity index (χ4n) is 4.02. The summed E-state index contributed by atoms with van der Waals surface area (Å²) in [5, 5.41) is 2.10. The minimum absolute atomic E-state index is 0.102. The molecule has 0 aliphatic heterocycles. The van der Waals surface area contributed by atoms with Gasteiger partial charge < -0.3 is 5.32 Å². The first kappa shape index (κ1) is 27.0. The number of carbonyl (C=O) groups excluding carboxylic acids is 1. The molecule has 2 N–H and O–H groups in total. The molecule has 35 heavy (non-hydrogen) atoms. The Morgan fingerprint density at radius 1 is 0.943 bits per heavy atom. The Labute approximate surface area is 199 Å². The van der Waals surface area contributed by atoms with Crippen LogP contribution in [0.5, 0.6) is 0 Å². The van der Waals surface area contributed by atoms with Crippen molar-refractivity contribution in [1.29, 1.82) is 0 Å². The van der Waals surface area contributed by atoms with E-state index in [0.29, 0.717) is 12.1 Å². The van der Waals surface area contributed by atoms with Crippen LogP contribution in [-0.2, 0) is 21.0 Å². The molecule has 0 saturated heterocycles. The summed E-state index contributed by atoms with van der Waals surface area (Å²) < 4.78 is 106. The maximum Gasteiger partial charge on any atom is 0.416 e. The predicted octanol–water partition coefficient (Wildman–Crippen LogP) is 5.35. The first-order valence-electron chi connectivity index (χ1n) is 10.7. The smallest absolute Gasteiger partial charge is 0.340 e. The summed E-state index contributed by atoms with van der Waals surface area (Å²) in [5.41, 5.74) is -2.23. The van der Waals surface area contributed by atoms with Crippen molar-refractivity contribution in [1.82, 2.24) is 10.0 Å². The molecule has 1 saturated carbocycles. The summed E-state index contributed by atoms with van der Waals surface area (Å²) in [4.78, 5) is 12.5. The highest BCUT2D eigenvalue weighted by Crippen LogP contribution is 2.39. The van der Waals surface area contributed by atoms with Crippen LogP contribution in [0.3, 0.4) is 0 Å². The lowest BCUT2D eigenvalue weighted by atomic mass is 9.73. The molecule has 0 spiro atoms. The van der Waals surface area contributed by atoms with Crippen LogP contribution < -0.4 is 10.0 Å². The summed E-state index contributed by atoms with van der Waals surface area (Å²) in [5.74, 6) is -0.785. The van der Waals surface area contributed by atoms with Crippen LogP contribution >= 0.6 is 0 Å². The lowest BCUT2D eigenvalue weighted by Gasteiger charge is -2.37. The van der Waals surface area contributed by atoms with Crippen molar-refractivity contribution in [2.24, 2.45) is 5.41 Å². The molecule has 0 unspecified atom stereocenters. The van der Waals surface area contributed by atoms with Gasteiger partial charge in [-0.2, -0.15) is 26.3 Å². The summed E-state index contributed by atoms with van der Waals surface area (Å²) in [6, 6.07) is 7.24. The van der Waals surface area contributed by atoms with Crippen LogP contribution in [-0.4, -0.2) is 26.5 Å². The zero-order valence-electron chi connectivity index (χ0n) is 18.6. The third kappa shape index (κ3) is 6.54. The van der Waals surface area contributed by atoms with Crippen LogP contribution in [0, 0.1) is 5.41 Å². The number of rotatable bonds is 6. The molecule has 5 nitrogen and oxygen atoms in total. The van der Waals surface area contributed by atoms with Gasteiger partial charge in [0.1, 0.15) is 0 Å². The van der Waals surface area contributed by atoms with Gasteiger partial charge in [0.25, 0.3) is 0 Å². The van der Waals surface area contributed by atoms with Gasteiger partial charge in [0.15, 0.2) is 6.04 Å². The van der Waals surface area contributed by atoms with E-state index >= 15 is 0 Å². The van der Waals surface area contributed by atoms with E-state index in [1.807, 2.05) is 0 Å². The van der Waals surface area contributed by atoms with E-state index < -0.39 is 51.3 Å². The van der Waals surface area contributed by atoms with Crippen molar-refractivity contribution in [2.75, 3.05) is 0 Å². The second kappa shape index (κ2) is 9.81. The van der Waals surface area contributed by atoms with Gasteiger partial charge in [-0.3, -0.25) is 4.79 Å². The van der Waals surface area contributed by atoms with Crippen molar-refractivity contribution < 1.29 is 39.6 Å². The number of hydrogen-bond donors (Lipinski definition) is 2. The van der Waals surface area contributed by atoms with E-state index in [4.69, 9.17) is 0 Å². The number of halogens is 6. The Morgan fingerprint density at radius 2 is 1.49 bits per heavy atom. The van der Waals surface area contributed by atoms with E-state index in [2.05, 4.69) is 10.0 Å². The molecule has 0 heterocycles. The van der Waals surface area contributed by atoms with Gasteiger partial charge in [0.2, 0.25) is 15.9 Å². The summed E-state index contributed by atoms with van der Waals surface area (Å²) in [6.07, 6.45) is -8.72. The number of amides is 1. The molecule has 1 aliphatic carbocycles. The Hall–Kier alpha value is -2.60. The molecule has 0 bridgehead atoms. The van der Waals surface area contributed by atoms with Crippen LogP contribution in [0.2, 0.25) is 0 Å². The molecule has 1 aliphatic rings. The molecule has 1 amide bonds. The first-order valence-corrected chi connectivity index (χ1v) is 12.2. The minimum Gasteiger partial charge on any atom is -0.340 e. The fourth-order valence-corrected chi connectivity index (χ4v) is 5.32. The summed E-state index contributed by atoms with van der Waals surface area (Å²) >= 11 is 0. The zero-order valence-corrected chi connectivity index (χ0v) is 19.4. The van der Waals surface area contributed by atoms with Gasteiger partial charge >= 0.3 is 12.4 Å². The molecule has 12 heteroatoms. The van der Waals surface area contributed by atoms with Crippen molar-refractivity contribution >= 4 is 15.9 Å². The second-order valence-corrected chi connectivity index (χ2v) is 10.6. The highest BCUT2D eigenvalue weighted by atomic mass is 32.2. The Morgan fingerprint density at radius 3 is 1.97 bits per heavy atom. The molecule has 2 aromatic rings. The van der Waals surface area contributed by atoms with Crippen molar-refractivity contribution in [3.8, 4) is 0 Å². The number of nitrogens with one attached hydrogen (secondary N) is 2. The van der Waals surface area contributed by atoms with Gasteiger partial charge in [-0.15, -0.1) is 0 Å². The van der Waals surface area contributed by atoms with Crippen LogP contribution in [0.1, 0.15) is 49.8 Å². The van der Waals surface area contributed by atoms with Gasteiger partial charge in [-0.25, -0.2) is 13.1 Å². The topological polar surface area (TPSA) is 75.3 Å². The minimum atomic E-state index is -4.71. The summed E-state index contributed by atoms with van der Waals surface area (Å²) in [6.45, 7) is 1.53. The standard InChI is InChI=1S/C23H24F6N2O3S/c1-21(20(32)30-19(23(27,28)29)15-5-3-2-4-6-15)13-11-17(12-14-21)31-35(33,34)18-9-7-16(8-10-18)22(24,25)26/h2-10,17,19,31H,11-14H2,1H3,(H,30,32)/t17?,19-,21?/m0/s1. The van der Waals surface area contributed by atoms with Gasteiger partial charge in [0.05, 0.1) is 10.5 Å². The highest BCUT2D eigenvalue weighted by Gasteiger charge is 2.46. The van der Waals surface area contributed by atoms with E-state index in [1.165, 1.54) is 31.2 Å². The van der Waals surface area contributed by atoms with Crippen LogP contribution in [0.15, 0.2) is 59.5 Å². The molecular formula is C23H24F6N2O3S. The molecular weight excluding hydrogens is 498 g/mol. The van der Waals surface area contributed by atoms with Crippen molar-refractivity contribution in [3.63, 3.8) is 0 Å².